The average Bonchev–Trinajstić information content (AvgIpc) is 2.92. The molecule has 1 nitrogen and oxygen atoms in total. The summed E-state index contributed by atoms with van der Waals surface area (Å²) < 4.78 is 0. The minimum absolute atomic E-state index is 1.17. The second-order valence-electron chi connectivity index (χ2n) is 2.50. The van der Waals surface area contributed by atoms with Gasteiger partial charge in [-0.05, 0) is 17.7 Å². The van der Waals surface area contributed by atoms with Crippen LogP contribution in [0, 0.1) is 0 Å². The molecule has 0 saturated carbocycles. The molecular formula is C14H17N. The molecule has 1 heterocycles. The molecule has 1 aromatic carbocycles. The van der Waals surface area contributed by atoms with Crippen LogP contribution in [-0.4, -0.2) is 4.98 Å². The number of hydrogen-bond acceptors (Lipinski definition) is 0. The summed E-state index contributed by atoms with van der Waals surface area (Å²) in [6.45, 7) is 9.63. The Hall–Kier alpha value is -2.02. The second-order valence-corrected chi connectivity index (χ2v) is 2.50. The first-order valence-corrected chi connectivity index (χ1v) is 4.68. The molecular weight excluding hydrogens is 182 g/mol. The van der Waals surface area contributed by atoms with Crippen molar-refractivity contribution in [1.29, 1.82) is 0 Å². The minimum atomic E-state index is 1.17. The van der Waals surface area contributed by atoms with E-state index in [1.165, 1.54) is 5.56 Å². The molecule has 0 aliphatic rings. The molecule has 0 atom stereocenters. The SMILES string of the molecule is C=C.C=Cc1ccccc1.c1cc[nH]c1. The molecule has 78 valence electrons. The van der Waals surface area contributed by atoms with Gasteiger partial charge in [-0.15, -0.1) is 13.2 Å². The molecule has 0 bridgehead atoms. The highest BCUT2D eigenvalue weighted by atomic mass is 14.6. The van der Waals surface area contributed by atoms with Gasteiger partial charge in [0.15, 0.2) is 0 Å². The third-order valence-corrected chi connectivity index (χ3v) is 1.53. The average molecular weight is 199 g/mol. The van der Waals surface area contributed by atoms with Crippen LogP contribution in [-0.2, 0) is 0 Å². The standard InChI is InChI=1S/C8H8.C4H5N.C2H4/c1-2-8-6-4-3-5-7-8;1-2-4-5-3-1;1-2/h2-7H,1H2;1-5H;1-2H2. The van der Waals surface area contributed by atoms with E-state index in [1.807, 2.05) is 60.9 Å². The normalized spacial score (nSPS) is 7.47. The van der Waals surface area contributed by atoms with Crippen molar-refractivity contribution < 1.29 is 0 Å². The van der Waals surface area contributed by atoms with Crippen molar-refractivity contribution in [2.75, 3.05) is 0 Å². The van der Waals surface area contributed by atoms with Crippen LogP contribution < -0.4 is 0 Å². The zero-order valence-corrected chi connectivity index (χ0v) is 8.89. The van der Waals surface area contributed by atoms with Crippen LogP contribution in [0.3, 0.4) is 0 Å². The molecule has 0 fully saturated rings. The van der Waals surface area contributed by atoms with Gasteiger partial charge in [0.2, 0.25) is 0 Å². The highest BCUT2D eigenvalue weighted by Crippen LogP contribution is 1.97. The van der Waals surface area contributed by atoms with E-state index in [-0.39, 0.29) is 0 Å². The van der Waals surface area contributed by atoms with Gasteiger partial charge in [-0.25, -0.2) is 0 Å². The Balaban J connectivity index is 0.000000241. The van der Waals surface area contributed by atoms with Gasteiger partial charge in [-0.1, -0.05) is 43.0 Å². The molecule has 1 aromatic heterocycles. The van der Waals surface area contributed by atoms with Gasteiger partial charge in [0.25, 0.3) is 0 Å². The first-order valence-electron chi connectivity index (χ1n) is 4.68. The van der Waals surface area contributed by atoms with Crippen molar-refractivity contribution in [3.8, 4) is 0 Å². The first-order chi connectivity index (χ1) is 7.43. The Bertz CT molecular complexity index is 304. The van der Waals surface area contributed by atoms with E-state index >= 15 is 0 Å². The largest absolute Gasteiger partial charge is 0.368 e. The quantitative estimate of drug-likeness (QED) is 0.664. The van der Waals surface area contributed by atoms with Crippen LogP contribution in [0.15, 0.2) is 74.6 Å². The molecule has 15 heavy (non-hydrogen) atoms. The van der Waals surface area contributed by atoms with Crippen molar-refractivity contribution in [3.05, 3.63) is 80.2 Å². The lowest BCUT2D eigenvalue weighted by atomic mass is 10.2. The molecule has 0 saturated heterocycles. The van der Waals surface area contributed by atoms with E-state index in [1.54, 1.807) is 0 Å². The molecule has 0 spiro atoms. The van der Waals surface area contributed by atoms with Gasteiger partial charge >= 0.3 is 0 Å². The lowest BCUT2D eigenvalue weighted by Gasteiger charge is -1.85. The monoisotopic (exact) mass is 199 g/mol. The van der Waals surface area contributed by atoms with E-state index in [4.69, 9.17) is 0 Å². The molecule has 2 aromatic rings. The summed E-state index contributed by atoms with van der Waals surface area (Å²) in [6.07, 6.45) is 5.58. The third-order valence-electron chi connectivity index (χ3n) is 1.53. The van der Waals surface area contributed by atoms with Gasteiger partial charge in [-0.2, -0.15) is 0 Å². The maximum Gasteiger partial charge on any atom is 0.000496 e. The summed E-state index contributed by atoms with van der Waals surface area (Å²) in [4.78, 5) is 2.86. The van der Waals surface area contributed by atoms with E-state index in [9.17, 15) is 0 Å². The van der Waals surface area contributed by atoms with Crippen LogP contribution in [0.4, 0.5) is 0 Å². The van der Waals surface area contributed by atoms with Crippen molar-refractivity contribution in [1.82, 2.24) is 4.98 Å². The molecule has 1 N–H and O–H groups in total. The summed E-state index contributed by atoms with van der Waals surface area (Å²) in [6, 6.07) is 13.9. The highest BCUT2D eigenvalue weighted by molar-refractivity contribution is 5.45. The summed E-state index contributed by atoms with van der Waals surface area (Å²) >= 11 is 0. The molecule has 0 radical (unpaired) electrons. The Morgan fingerprint density at radius 2 is 1.40 bits per heavy atom. The van der Waals surface area contributed by atoms with Crippen LogP contribution in [0.1, 0.15) is 5.56 Å². The van der Waals surface area contributed by atoms with Crippen LogP contribution in [0.2, 0.25) is 0 Å². The highest BCUT2D eigenvalue weighted by Gasteiger charge is 1.75. The van der Waals surface area contributed by atoms with Crippen LogP contribution in [0.25, 0.3) is 6.08 Å². The van der Waals surface area contributed by atoms with E-state index in [0.29, 0.717) is 0 Å². The van der Waals surface area contributed by atoms with Crippen LogP contribution in [0.5, 0.6) is 0 Å². The van der Waals surface area contributed by atoms with Crippen molar-refractivity contribution >= 4 is 6.08 Å². The van der Waals surface area contributed by atoms with Crippen molar-refractivity contribution in [2.24, 2.45) is 0 Å². The number of aromatic amines is 1. The smallest absolute Gasteiger partial charge is 0.000496 e. The lowest BCUT2D eigenvalue weighted by molar-refractivity contribution is 1.42. The zero-order chi connectivity index (χ0) is 11.4. The fraction of sp³-hybridized carbons (Fsp3) is 0. The second kappa shape index (κ2) is 10.1. The molecule has 1 heteroatoms. The number of H-pyrrole nitrogens is 1. The van der Waals surface area contributed by atoms with Gasteiger partial charge < -0.3 is 4.98 Å². The molecule has 0 amide bonds. The molecule has 0 unspecified atom stereocenters. The number of benzene rings is 1. The Kier molecular flexibility index (Phi) is 8.71. The summed E-state index contributed by atoms with van der Waals surface area (Å²) in [5.74, 6) is 0. The maximum atomic E-state index is 3.63. The summed E-state index contributed by atoms with van der Waals surface area (Å²) in [5.41, 5.74) is 1.17. The van der Waals surface area contributed by atoms with Gasteiger partial charge in [0, 0.05) is 12.4 Å². The van der Waals surface area contributed by atoms with Crippen molar-refractivity contribution in [2.45, 2.75) is 0 Å². The number of rotatable bonds is 1. The van der Waals surface area contributed by atoms with E-state index in [2.05, 4.69) is 24.7 Å². The third kappa shape index (κ3) is 7.08. The van der Waals surface area contributed by atoms with Crippen LogP contribution >= 0.6 is 0 Å². The Morgan fingerprint density at radius 1 is 0.867 bits per heavy atom. The predicted octanol–water partition coefficient (Wildman–Crippen LogP) is 4.15. The fourth-order valence-corrected chi connectivity index (χ4v) is 0.867. The minimum Gasteiger partial charge on any atom is -0.368 e. The van der Waals surface area contributed by atoms with E-state index < -0.39 is 0 Å². The van der Waals surface area contributed by atoms with Gasteiger partial charge in [-0.3, -0.25) is 0 Å². The number of nitrogens with one attached hydrogen (secondary N) is 1. The summed E-state index contributed by atoms with van der Waals surface area (Å²) in [5, 5.41) is 0. The van der Waals surface area contributed by atoms with Crippen molar-refractivity contribution in [3.63, 3.8) is 0 Å². The van der Waals surface area contributed by atoms with Gasteiger partial charge in [0.1, 0.15) is 0 Å². The maximum absolute atomic E-state index is 3.63. The molecule has 0 aliphatic heterocycles. The molecule has 2 rings (SSSR count). The predicted molar refractivity (Wildman–Crippen MR) is 68.6 cm³/mol. The van der Waals surface area contributed by atoms with Gasteiger partial charge in [0.05, 0.1) is 0 Å². The summed E-state index contributed by atoms with van der Waals surface area (Å²) in [7, 11) is 0. The topological polar surface area (TPSA) is 15.8 Å². The Labute approximate surface area is 91.8 Å². The number of aromatic nitrogens is 1. The first kappa shape index (κ1) is 13.0. The molecule has 0 aliphatic carbocycles. The number of hydrogen-bond donors (Lipinski definition) is 1. The zero-order valence-electron chi connectivity index (χ0n) is 8.89. The van der Waals surface area contributed by atoms with E-state index in [0.717, 1.165) is 0 Å². The lowest BCUT2D eigenvalue weighted by Crippen LogP contribution is -1.63. The fourth-order valence-electron chi connectivity index (χ4n) is 0.867. The Morgan fingerprint density at radius 3 is 1.67 bits per heavy atom.